The summed E-state index contributed by atoms with van der Waals surface area (Å²) in [5, 5.41) is 13.7. The number of carboxylic acid groups (broad SMARTS) is 1. The summed E-state index contributed by atoms with van der Waals surface area (Å²) in [6, 6.07) is 5.07. The van der Waals surface area contributed by atoms with Crippen LogP contribution in [0.5, 0.6) is 5.75 Å². The monoisotopic (exact) mass is 789 g/mol. The van der Waals surface area contributed by atoms with E-state index in [9.17, 15) is 32.3 Å². The summed E-state index contributed by atoms with van der Waals surface area (Å²) in [5.41, 5.74) is -1.95. The fourth-order valence-corrected chi connectivity index (χ4v) is 10.5. The van der Waals surface area contributed by atoms with Crippen LogP contribution < -0.4 is 10.1 Å². The van der Waals surface area contributed by atoms with Crippen LogP contribution in [-0.4, -0.2) is 79.0 Å². The number of hydrogen-bond donors (Lipinski definition) is 2. The van der Waals surface area contributed by atoms with Gasteiger partial charge in [-0.05, 0) is 94.1 Å². The fraction of sp³-hybridized carbons (Fsp3) is 0.659. The number of benzene rings is 1. The van der Waals surface area contributed by atoms with E-state index in [1.165, 1.54) is 0 Å². The summed E-state index contributed by atoms with van der Waals surface area (Å²) in [6.07, 6.45) is 8.42. The number of carboxylic acids is 1. The van der Waals surface area contributed by atoms with Crippen LogP contribution in [-0.2, 0) is 10.7 Å². The quantitative estimate of drug-likeness (QED) is 0.198. The van der Waals surface area contributed by atoms with Crippen molar-refractivity contribution < 1.29 is 45.8 Å². The molecule has 8 rings (SSSR count). The first-order valence-electron chi connectivity index (χ1n) is 20.1. The third kappa shape index (κ3) is 7.37. The molecule has 0 radical (unpaired) electrons. The minimum Gasteiger partial charge on any atom is -0.490 e. The maximum atomic E-state index is 15.4. The van der Waals surface area contributed by atoms with E-state index in [0.29, 0.717) is 60.7 Å². The molecule has 56 heavy (non-hydrogen) atoms. The lowest BCUT2D eigenvalue weighted by Gasteiger charge is -2.46. The topological polar surface area (TPSA) is 110 Å². The second kappa shape index (κ2) is 14.2. The number of likely N-dealkylation sites (tertiary alicyclic amines) is 1. The van der Waals surface area contributed by atoms with Crippen molar-refractivity contribution in [3.63, 3.8) is 0 Å². The van der Waals surface area contributed by atoms with Gasteiger partial charge in [-0.3, -0.25) is 9.69 Å². The van der Waals surface area contributed by atoms with Crippen LogP contribution in [0.3, 0.4) is 0 Å². The number of alkyl halides is 6. The molecule has 1 amide bonds. The second-order valence-electron chi connectivity index (χ2n) is 17.3. The number of halogens is 6. The normalized spacial score (nSPS) is 30.5. The highest BCUT2D eigenvalue weighted by molar-refractivity contribution is 6.00. The lowest BCUT2D eigenvalue weighted by atomic mass is 9.76. The molecule has 304 valence electrons. The summed E-state index contributed by atoms with van der Waals surface area (Å²) in [4.78, 5) is 37.1. The molecule has 3 aromatic rings. The van der Waals surface area contributed by atoms with Crippen molar-refractivity contribution in [3.8, 4) is 17.1 Å². The number of nitrogens with zero attached hydrogens (tertiary/aromatic N) is 4. The molecule has 2 bridgehead atoms. The molecule has 3 heterocycles. The van der Waals surface area contributed by atoms with Crippen molar-refractivity contribution in [2.45, 2.75) is 139 Å². The highest BCUT2D eigenvalue weighted by Crippen LogP contribution is 2.52. The van der Waals surface area contributed by atoms with Crippen molar-refractivity contribution in [3.05, 3.63) is 41.9 Å². The predicted molar refractivity (Wildman–Crippen MR) is 195 cm³/mol. The molecule has 4 saturated carbocycles. The Morgan fingerprint density at radius 1 is 0.982 bits per heavy atom. The zero-order chi connectivity index (χ0) is 39.8. The van der Waals surface area contributed by atoms with Crippen molar-refractivity contribution in [2.24, 2.45) is 17.8 Å². The van der Waals surface area contributed by atoms with E-state index >= 15 is 8.78 Å². The van der Waals surface area contributed by atoms with Crippen LogP contribution in [0.2, 0.25) is 0 Å². The van der Waals surface area contributed by atoms with Crippen molar-refractivity contribution in [1.82, 2.24) is 24.8 Å². The van der Waals surface area contributed by atoms with Gasteiger partial charge in [0.05, 0.1) is 30.3 Å². The molecule has 0 spiro atoms. The first kappa shape index (κ1) is 39.0. The van der Waals surface area contributed by atoms with Gasteiger partial charge in [-0.1, -0.05) is 13.3 Å². The van der Waals surface area contributed by atoms with Gasteiger partial charge >= 0.3 is 5.97 Å². The maximum absolute atomic E-state index is 15.4. The lowest BCUT2D eigenvalue weighted by molar-refractivity contribution is -0.151. The molecule has 1 aliphatic heterocycles. The van der Waals surface area contributed by atoms with Gasteiger partial charge in [-0.25, -0.2) is 32.3 Å². The zero-order valence-corrected chi connectivity index (χ0v) is 31.7. The first-order valence-corrected chi connectivity index (χ1v) is 20.1. The van der Waals surface area contributed by atoms with E-state index in [2.05, 4.69) is 22.2 Å². The molecular weight excluding hydrogens is 740 g/mol. The average molecular weight is 790 g/mol. The molecule has 1 saturated heterocycles. The number of carbonyl (C=O) groups is 2. The number of amides is 1. The van der Waals surface area contributed by atoms with Gasteiger partial charge in [0.25, 0.3) is 17.8 Å². The smallest absolute Gasteiger partial charge is 0.329 e. The van der Waals surface area contributed by atoms with Gasteiger partial charge in [0.2, 0.25) is 5.92 Å². The highest BCUT2D eigenvalue weighted by atomic mass is 19.3. The van der Waals surface area contributed by atoms with Crippen LogP contribution in [0.15, 0.2) is 30.6 Å². The van der Waals surface area contributed by atoms with Gasteiger partial charge in [-0.15, -0.1) is 0 Å². The number of fused-ring (bicyclic) bond motifs is 3. The summed E-state index contributed by atoms with van der Waals surface area (Å²) in [6.45, 7) is 2.25. The van der Waals surface area contributed by atoms with Crippen LogP contribution in [0.4, 0.5) is 26.3 Å². The van der Waals surface area contributed by atoms with E-state index in [1.54, 1.807) is 24.4 Å². The van der Waals surface area contributed by atoms with Gasteiger partial charge in [0.15, 0.2) is 5.82 Å². The predicted octanol–water partition coefficient (Wildman–Crippen LogP) is 9.00. The van der Waals surface area contributed by atoms with Gasteiger partial charge < -0.3 is 19.7 Å². The van der Waals surface area contributed by atoms with Crippen LogP contribution >= 0.6 is 0 Å². The fourth-order valence-electron chi connectivity index (χ4n) is 10.5. The number of carbonyl (C=O) groups excluding carboxylic acids is 1. The highest BCUT2D eigenvalue weighted by Gasteiger charge is 2.57. The number of ether oxygens (including phenoxy) is 1. The summed E-state index contributed by atoms with van der Waals surface area (Å²) < 4.78 is 94.5. The summed E-state index contributed by atoms with van der Waals surface area (Å²) >= 11 is 0. The van der Waals surface area contributed by atoms with Crippen LogP contribution in [0.1, 0.15) is 119 Å². The zero-order valence-electron chi connectivity index (χ0n) is 31.7. The molecule has 2 aromatic heterocycles. The first-order chi connectivity index (χ1) is 26.4. The van der Waals surface area contributed by atoms with Gasteiger partial charge in [-0.2, -0.15) is 8.78 Å². The summed E-state index contributed by atoms with van der Waals surface area (Å²) in [5.74, 6) is -10.6. The minimum atomic E-state index is -3.61. The van der Waals surface area contributed by atoms with Crippen molar-refractivity contribution in [1.29, 1.82) is 0 Å². The van der Waals surface area contributed by atoms with Crippen LogP contribution in [0.25, 0.3) is 22.3 Å². The van der Waals surface area contributed by atoms with Crippen LogP contribution in [0, 0.1) is 17.8 Å². The Labute approximate surface area is 321 Å². The Hall–Kier alpha value is -3.88. The van der Waals surface area contributed by atoms with Gasteiger partial charge in [0.1, 0.15) is 17.0 Å². The summed E-state index contributed by atoms with van der Waals surface area (Å²) in [7, 11) is 0. The number of hydrogen-bond acceptors (Lipinski definition) is 6. The number of aliphatic carboxylic acids is 1. The number of nitrogens with one attached hydrogen (secondary N) is 1. The molecule has 1 aromatic carbocycles. The Morgan fingerprint density at radius 2 is 1.70 bits per heavy atom. The van der Waals surface area contributed by atoms with Crippen molar-refractivity contribution >= 4 is 22.8 Å². The molecular formula is C41H49F6N5O4. The average Bonchev–Trinajstić information content (AvgIpc) is 3.63. The second-order valence-corrected chi connectivity index (χ2v) is 17.3. The van der Waals surface area contributed by atoms with E-state index in [1.807, 2.05) is 9.47 Å². The molecule has 4 aliphatic carbocycles. The van der Waals surface area contributed by atoms with Gasteiger partial charge in [0, 0.05) is 61.3 Å². The molecule has 5 fully saturated rings. The van der Waals surface area contributed by atoms with E-state index in [0.717, 1.165) is 31.9 Å². The maximum Gasteiger partial charge on any atom is 0.329 e. The molecule has 5 aliphatic rings. The number of rotatable bonds is 10. The Balaban J connectivity index is 1.09. The van der Waals surface area contributed by atoms with E-state index in [-0.39, 0.29) is 81.0 Å². The molecule has 4 atom stereocenters. The largest absolute Gasteiger partial charge is 0.490 e. The Morgan fingerprint density at radius 3 is 2.34 bits per heavy atom. The Kier molecular flexibility index (Phi) is 9.88. The molecule has 15 heteroatoms. The number of aromatic nitrogens is 3. The molecule has 2 N–H and O–H groups in total. The minimum absolute atomic E-state index is 0.0910. The third-order valence-corrected chi connectivity index (χ3v) is 13.4. The SMILES string of the molecule is CCC1CC2CC(C1)C(NC(=O)c1cnc(-c3cn(C4CCC(F)(F)CC4)c4cc(O[C@H]5CC[C@@H](N6CC(F)(F)C6)CC5)ccc34)nc1C(C)(F)F)(C(=O)O)C2. The Bertz CT molecular complexity index is 1980. The molecule has 9 nitrogen and oxygen atoms in total. The standard InChI is InChI=1S/C41H49F6N5O4/c1-3-23-14-24-16-25(15-23)41(18-24,37(54)55)50-36(53)31-19-48-35(49-34(31)38(2,42)43)32-20-52(27-10-12-39(44,45)13-11-27)33-17-29(8-9-30(32)33)56-28-6-4-26(5-7-28)51-21-40(46,47)22-51/h8-9,17,19-20,23-28H,3-7,10-16,18,21-22H2,1-2H3,(H,50,53)(H,54,55)/t23?,24?,25?,26-,28+,41?. The van der Waals surface area contributed by atoms with E-state index in [4.69, 9.17) is 4.74 Å². The van der Waals surface area contributed by atoms with E-state index < -0.39 is 46.4 Å². The molecule has 4 unspecified atom stereocenters. The van der Waals surface area contributed by atoms with Crippen molar-refractivity contribution in [2.75, 3.05) is 13.1 Å². The lowest BCUT2D eigenvalue weighted by Crippen LogP contribution is -2.60. The third-order valence-electron chi connectivity index (χ3n) is 13.4.